The molecule has 296 valence electrons. The van der Waals surface area contributed by atoms with Gasteiger partial charge in [-0.25, -0.2) is 25.3 Å². The molecule has 18 heteroatoms. The van der Waals surface area contributed by atoms with E-state index in [0.717, 1.165) is 12.2 Å². The number of fused-ring (bicyclic) bond motifs is 2. The third kappa shape index (κ3) is 8.71. The van der Waals surface area contributed by atoms with Crippen molar-refractivity contribution in [2.45, 2.75) is 94.3 Å². The quantitative estimate of drug-likeness (QED) is 0.284. The first-order chi connectivity index (χ1) is 25.6. The van der Waals surface area contributed by atoms with Crippen molar-refractivity contribution in [3.8, 4) is 0 Å². The second kappa shape index (κ2) is 16.0. The number of Topliss-reactive ketones (excluding diaryl/α,β-unsaturated/α-hetero) is 3. The number of hydrogen-bond donors (Lipinski definition) is 0. The minimum atomic E-state index is -3.66. The van der Waals surface area contributed by atoms with E-state index in [1.165, 1.54) is 36.4 Å². The van der Waals surface area contributed by atoms with E-state index in [-0.39, 0.29) is 61.6 Å². The summed E-state index contributed by atoms with van der Waals surface area (Å²) in [5, 5.41) is 0. The lowest BCUT2D eigenvalue weighted by Gasteiger charge is -2.23. The standard InChI is InChI=1S/2C14H14N2O3S.C10H14N2O3S/c1-14(2,3)20(18,19)12-6-4-5-10-9(12)7-8-11(16-15)13(10)17;1-14(2,3)20(18,19)12-8-11(16-15)13(17)10-7-5-4-6-9(10)12;1-10(2,3)16(14,15)7-4-5-9(13)8(6-7)12-11/h2*4-8H,1-3H3;6H,4-5H2,1-3H3. The number of sulfone groups is 3. The van der Waals surface area contributed by atoms with E-state index in [1.807, 2.05) is 0 Å². The fourth-order valence-corrected chi connectivity index (χ4v) is 9.42. The maximum Gasteiger partial charge on any atom is 0.364 e. The minimum Gasteiger partial charge on any atom is -0.361 e. The number of benzene rings is 2. The lowest BCUT2D eigenvalue weighted by molar-refractivity contribution is -0.117. The highest BCUT2D eigenvalue weighted by Crippen LogP contribution is 2.36. The molecule has 0 saturated carbocycles. The Morgan fingerprint density at radius 2 is 1.00 bits per heavy atom. The second-order valence-electron chi connectivity index (χ2n) is 15.6. The molecule has 0 amide bonds. The zero-order valence-corrected chi connectivity index (χ0v) is 34.8. The predicted molar refractivity (Wildman–Crippen MR) is 211 cm³/mol. The topological polar surface area (TPSA) is 263 Å². The van der Waals surface area contributed by atoms with Crippen LogP contribution in [0, 0.1) is 0 Å². The van der Waals surface area contributed by atoms with Crippen LogP contribution in [-0.2, 0) is 34.3 Å². The van der Waals surface area contributed by atoms with Crippen LogP contribution < -0.4 is 0 Å². The van der Waals surface area contributed by atoms with Crippen LogP contribution in [0.1, 0.15) is 107 Å². The van der Waals surface area contributed by atoms with Crippen LogP contribution in [0.4, 0.5) is 0 Å². The van der Waals surface area contributed by atoms with Gasteiger partial charge in [-0.05, 0) is 80.9 Å². The van der Waals surface area contributed by atoms with Gasteiger partial charge in [0.25, 0.3) is 11.6 Å². The summed E-state index contributed by atoms with van der Waals surface area (Å²) in [5.74, 6) is -1.32. The molecule has 0 saturated heterocycles. The van der Waals surface area contributed by atoms with Crippen molar-refractivity contribution in [3.05, 3.63) is 104 Å². The van der Waals surface area contributed by atoms with Gasteiger partial charge >= 0.3 is 17.1 Å². The first kappa shape index (κ1) is 45.1. The van der Waals surface area contributed by atoms with Crippen LogP contribution in [0.2, 0.25) is 0 Å². The van der Waals surface area contributed by atoms with Gasteiger partial charge in [-0.2, -0.15) is 14.4 Å². The fraction of sp³-hybridized carbons (Fsp3) is 0.368. The van der Waals surface area contributed by atoms with Gasteiger partial charge in [-0.1, -0.05) is 36.4 Å². The molecule has 5 rings (SSSR count). The molecule has 15 nitrogen and oxygen atoms in total. The number of nitrogens with zero attached hydrogens (tertiary/aromatic N) is 6. The molecule has 0 bridgehead atoms. The van der Waals surface area contributed by atoms with E-state index in [0.29, 0.717) is 11.1 Å². The maximum atomic E-state index is 12.6. The summed E-state index contributed by atoms with van der Waals surface area (Å²) >= 11 is 0. The van der Waals surface area contributed by atoms with Gasteiger partial charge in [0.1, 0.15) is 0 Å². The molecule has 2 aromatic carbocycles. The van der Waals surface area contributed by atoms with Gasteiger partial charge in [0.15, 0.2) is 29.5 Å². The van der Waals surface area contributed by atoms with Gasteiger partial charge in [-0.15, -0.1) is 0 Å². The molecule has 0 spiro atoms. The first-order valence-electron chi connectivity index (χ1n) is 17.0. The van der Waals surface area contributed by atoms with Crippen molar-refractivity contribution in [2.75, 3.05) is 0 Å². The SMILES string of the molecule is CC(C)(C)S(=O)(=O)C1=CC(=[N+]=[N-])C(=O)CC1.CC(C)(C)S(=O)(=O)C1=CC(=[N+]=[N-])C(=O)c2ccccc21.CC(C)(C)S(=O)(=O)c1cccc2c1C=CC(=[N+]=[N-])C2=O. The van der Waals surface area contributed by atoms with Gasteiger partial charge in [-0.3, -0.25) is 14.4 Å². The molecule has 56 heavy (non-hydrogen) atoms. The van der Waals surface area contributed by atoms with E-state index < -0.39 is 55.3 Å². The Morgan fingerprint density at radius 3 is 1.50 bits per heavy atom. The largest absolute Gasteiger partial charge is 0.364 e. The number of carbonyl (C=O) groups excluding carboxylic acids is 3. The van der Waals surface area contributed by atoms with Crippen LogP contribution >= 0.6 is 0 Å². The Labute approximate surface area is 326 Å². The molecule has 3 aliphatic rings. The lowest BCUT2D eigenvalue weighted by Crippen LogP contribution is -2.32. The first-order valence-corrected chi connectivity index (χ1v) is 21.4. The van der Waals surface area contributed by atoms with E-state index in [1.54, 1.807) is 80.5 Å². The van der Waals surface area contributed by atoms with Crippen molar-refractivity contribution in [1.82, 2.24) is 0 Å². The average molecular weight is 823 g/mol. The van der Waals surface area contributed by atoms with Crippen molar-refractivity contribution in [3.63, 3.8) is 0 Å². The minimum absolute atomic E-state index is 0.00741. The Hall–Kier alpha value is -5.34. The molecule has 0 aliphatic heterocycles. The highest BCUT2D eigenvalue weighted by atomic mass is 32.2. The summed E-state index contributed by atoms with van der Waals surface area (Å²) in [5.41, 5.74) is 26.8. The monoisotopic (exact) mass is 822 g/mol. The highest BCUT2D eigenvalue weighted by molar-refractivity contribution is 8.01. The molecule has 0 heterocycles. The van der Waals surface area contributed by atoms with Crippen LogP contribution in [0.3, 0.4) is 0 Å². The zero-order chi connectivity index (χ0) is 42.8. The van der Waals surface area contributed by atoms with E-state index in [4.69, 9.17) is 16.6 Å². The summed E-state index contributed by atoms with van der Waals surface area (Å²) in [4.78, 5) is 44.2. The third-order valence-electron chi connectivity index (χ3n) is 8.74. The Morgan fingerprint density at radius 1 is 0.518 bits per heavy atom. The number of ketones is 3. The summed E-state index contributed by atoms with van der Waals surface area (Å²) in [7, 11) is -10.7. The number of carbonyl (C=O) groups is 3. The van der Waals surface area contributed by atoms with Crippen LogP contribution in [-0.4, -0.2) is 88.3 Å². The molecule has 2 aromatic rings. The molecular formula is C38H42N6O9S3. The molecule has 0 atom stereocenters. The van der Waals surface area contributed by atoms with Gasteiger partial charge in [0, 0.05) is 40.8 Å². The molecule has 0 aromatic heterocycles. The van der Waals surface area contributed by atoms with Crippen LogP contribution in [0.25, 0.3) is 27.6 Å². The highest BCUT2D eigenvalue weighted by Gasteiger charge is 2.41. The summed E-state index contributed by atoms with van der Waals surface area (Å²) in [6, 6.07) is 10.9. The van der Waals surface area contributed by atoms with Crippen molar-refractivity contribution >= 4 is 75.0 Å². The smallest absolute Gasteiger partial charge is 0.361 e. The predicted octanol–water partition coefficient (Wildman–Crippen LogP) is 5.36. The Bertz CT molecular complexity index is 2630. The molecule has 0 unspecified atom stereocenters. The number of hydrogen-bond acceptors (Lipinski definition) is 9. The summed E-state index contributed by atoms with van der Waals surface area (Å²) in [6.07, 6.45) is 5.34. The van der Waals surface area contributed by atoms with Gasteiger partial charge < -0.3 is 16.6 Å². The molecule has 3 aliphatic carbocycles. The number of allylic oxidation sites excluding steroid dienone is 4. The third-order valence-corrected chi connectivity index (χ3v) is 16.4. The lowest BCUT2D eigenvalue weighted by atomic mass is 9.95. The Balaban J connectivity index is 0.000000227. The second-order valence-corrected chi connectivity index (χ2v) is 23.7. The van der Waals surface area contributed by atoms with Crippen molar-refractivity contribution in [1.29, 1.82) is 0 Å². The van der Waals surface area contributed by atoms with Gasteiger partial charge in [0.2, 0.25) is 5.78 Å². The summed E-state index contributed by atoms with van der Waals surface area (Å²) < 4.78 is 71.6. The van der Waals surface area contributed by atoms with Crippen LogP contribution in [0.15, 0.2) is 70.5 Å². The van der Waals surface area contributed by atoms with E-state index in [2.05, 4.69) is 14.4 Å². The number of rotatable bonds is 3. The van der Waals surface area contributed by atoms with Crippen molar-refractivity contribution in [2.24, 2.45) is 0 Å². The molecule has 0 radical (unpaired) electrons. The maximum absolute atomic E-state index is 12.6. The van der Waals surface area contributed by atoms with Crippen LogP contribution in [0.5, 0.6) is 0 Å². The van der Waals surface area contributed by atoms with Crippen molar-refractivity contribution < 1.29 is 54.0 Å². The Kier molecular flexibility index (Phi) is 12.9. The average Bonchev–Trinajstić information content (AvgIpc) is 3.11. The van der Waals surface area contributed by atoms with Gasteiger partial charge in [0.05, 0.1) is 35.0 Å². The van der Waals surface area contributed by atoms with E-state index >= 15 is 0 Å². The molecular weight excluding hydrogens is 781 g/mol. The normalized spacial score (nSPS) is 16.0. The molecule has 0 fully saturated rings. The zero-order valence-electron chi connectivity index (χ0n) is 32.3. The van der Waals surface area contributed by atoms with E-state index in [9.17, 15) is 39.6 Å². The summed E-state index contributed by atoms with van der Waals surface area (Å²) in [6.45, 7) is 14.3. The molecule has 0 N–H and O–H groups in total. The fourth-order valence-electron chi connectivity index (χ4n) is 5.22.